The van der Waals surface area contributed by atoms with Crippen LogP contribution >= 0.6 is 0 Å². The Morgan fingerprint density at radius 1 is 0.935 bits per heavy atom. The molecule has 2 saturated carbocycles. The van der Waals surface area contributed by atoms with Gasteiger partial charge in [-0.05, 0) is 78.9 Å². The Labute approximate surface area is 180 Å². The summed E-state index contributed by atoms with van der Waals surface area (Å²) in [5, 5.41) is -0.470. The summed E-state index contributed by atoms with van der Waals surface area (Å²) in [5.41, 5.74) is 0.734. The molecule has 2 aromatic rings. The molecule has 0 heterocycles. The summed E-state index contributed by atoms with van der Waals surface area (Å²) in [5.74, 6) is -2.47. The van der Waals surface area contributed by atoms with Gasteiger partial charge in [-0.25, -0.2) is 13.2 Å². The average molecular weight is 440 g/mol. The second kappa shape index (κ2) is 9.33. The van der Waals surface area contributed by atoms with Crippen molar-refractivity contribution in [1.82, 2.24) is 0 Å². The van der Waals surface area contributed by atoms with Crippen molar-refractivity contribution in [3.05, 3.63) is 41.2 Å². The van der Waals surface area contributed by atoms with Crippen molar-refractivity contribution < 1.29 is 26.7 Å². The van der Waals surface area contributed by atoms with Gasteiger partial charge in [0.2, 0.25) is 0 Å². The summed E-state index contributed by atoms with van der Waals surface area (Å²) in [6.07, 6.45) is 10.6. The van der Waals surface area contributed by atoms with E-state index in [1.165, 1.54) is 44.6 Å². The van der Waals surface area contributed by atoms with Crippen LogP contribution in [0, 0.1) is 35.2 Å². The number of hydrogen-bond acceptors (Lipinski definition) is 1. The van der Waals surface area contributed by atoms with Gasteiger partial charge in [0, 0.05) is 0 Å². The van der Waals surface area contributed by atoms with E-state index in [0.717, 1.165) is 42.7 Å². The van der Waals surface area contributed by atoms with Gasteiger partial charge in [0.1, 0.15) is 5.82 Å². The maximum Gasteiger partial charge on any atom is 0.387 e. The van der Waals surface area contributed by atoms with E-state index in [1.54, 1.807) is 6.07 Å². The van der Waals surface area contributed by atoms with Gasteiger partial charge in [-0.1, -0.05) is 38.7 Å². The first-order valence-corrected chi connectivity index (χ1v) is 11.4. The average Bonchev–Trinajstić information content (AvgIpc) is 2.74. The Kier molecular flexibility index (Phi) is 6.73. The molecule has 4 rings (SSSR count). The Hall–Kier alpha value is -1.85. The minimum absolute atomic E-state index is 0.0389. The highest BCUT2D eigenvalue weighted by Gasteiger charge is 2.36. The van der Waals surface area contributed by atoms with Gasteiger partial charge in [-0.15, -0.1) is 0 Å². The minimum Gasteiger partial charge on any atom is -0.429 e. The monoisotopic (exact) mass is 440 g/mol. The molecule has 2 aliphatic rings. The summed E-state index contributed by atoms with van der Waals surface area (Å²) < 4.78 is 72.4. The molecule has 0 saturated heterocycles. The third-order valence-corrected chi connectivity index (χ3v) is 7.43. The van der Waals surface area contributed by atoms with Crippen LogP contribution in [0.15, 0.2) is 18.2 Å². The van der Waals surface area contributed by atoms with Gasteiger partial charge in [0.15, 0.2) is 17.4 Å². The summed E-state index contributed by atoms with van der Waals surface area (Å²) >= 11 is 0. The summed E-state index contributed by atoms with van der Waals surface area (Å²) in [7, 11) is 0. The van der Waals surface area contributed by atoms with E-state index in [4.69, 9.17) is 0 Å². The molecule has 4 atom stereocenters. The van der Waals surface area contributed by atoms with Crippen LogP contribution in [-0.4, -0.2) is 6.61 Å². The van der Waals surface area contributed by atoms with Crippen molar-refractivity contribution in [2.24, 2.45) is 17.8 Å². The predicted molar refractivity (Wildman–Crippen MR) is 111 cm³/mol. The minimum atomic E-state index is -3.39. The van der Waals surface area contributed by atoms with Crippen LogP contribution in [0.25, 0.3) is 10.8 Å². The molecule has 6 heteroatoms. The molecule has 0 N–H and O–H groups in total. The fraction of sp³-hybridized carbons (Fsp3) is 0.600. The number of alkyl halides is 2. The second-order valence-electron chi connectivity index (χ2n) is 9.33. The molecule has 0 aliphatic heterocycles. The smallest absolute Gasteiger partial charge is 0.387 e. The third kappa shape index (κ3) is 4.68. The summed E-state index contributed by atoms with van der Waals surface area (Å²) in [4.78, 5) is 0. The SMILES string of the molecule is CCCC[C@@H]1CC[C@@H]2CC(c3cc(F)c4c(F)c(OC(F)F)c(F)cc4c3)CCC2C1. The van der Waals surface area contributed by atoms with Crippen molar-refractivity contribution in [2.45, 2.75) is 77.2 Å². The predicted octanol–water partition coefficient (Wildman–Crippen LogP) is 8.35. The number of fused-ring (bicyclic) bond motifs is 2. The van der Waals surface area contributed by atoms with Crippen LogP contribution in [0.3, 0.4) is 0 Å². The Morgan fingerprint density at radius 3 is 2.42 bits per heavy atom. The molecule has 0 aromatic heterocycles. The zero-order valence-corrected chi connectivity index (χ0v) is 17.8. The Bertz CT molecular complexity index is 928. The van der Waals surface area contributed by atoms with Gasteiger partial charge in [-0.2, -0.15) is 8.78 Å². The number of ether oxygens (including phenoxy) is 1. The van der Waals surface area contributed by atoms with E-state index in [9.17, 15) is 22.0 Å². The quantitative estimate of drug-likeness (QED) is 0.410. The second-order valence-corrected chi connectivity index (χ2v) is 9.33. The Morgan fingerprint density at radius 2 is 1.68 bits per heavy atom. The number of halogens is 5. The van der Waals surface area contributed by atoms with Crippen molar-refractivity contribution >= 4 is 10.8 Å². The van der Waals surface area contributed by atoms with Gasteiger partial charge >= 0.3 is 6.61 Å². The molecule has 31 heavy (non-hydrogen) atoms. The fourth-order valence-electron chi connectivity index (χ4n) is 5.89. The molecule has 0 bridgehead atoms. The molecule has 2 fully saturated rings. The summed E-state index contributed by atoms with van der Waals surface area (Å²) in [6, 6.07) is 3.77. The maximum absolute atomic E-state index is 14.8. The topological polar surface area (TPSA) is 9.23 Å². The van der Waals surface area contributed by atoms with E-state index in [0.29, 0.717) is 5.92 Å². The lowest BCUT2D eigenvalue weighted by atomic mass is 9.63. The van der Waals surface area contributed by atoms with Crippen LogP contribution < -0.4 is 4.74 Å². The standard InChI is InChI=1S/C25H29F5O/c1-2-3-4-14-5-6-16-10-17(8-7-15(16)9-14)18-11-19-13-21(27)24(31-25(29)30)23(28)22(19)20(26)12-18/h11-17,25H,2-10H2,1H3/t14-,15?,16-,17?/m1/s1. The van der Waals surface area contributed by atoms with Gasteiger partial charge < -0.3 is 4.74 Å². The molecule has 2 aliphatic carbocycles. The molecule has 170 valence electrons. The highest BCUT2D eigenvalue weighted by Crippen LogP contribution is 2.49. The van der Waals surface area contributed by atoms with E-state index in [2.05, 4.69) is 11.7 Å². The highest BCUT2D eigenvalue weighted by molar-refractivity contribution is 5.86. The molecule has 2 unspecified atom stereocenters. The lowest BCUT2D eigenvalue weighted by Crippen LogP contribution is -2.30. The number of benzene rings is 2. The van der Waals surface area contributed by atoms with E-state index < -0.39 is 35.2 Å². The first-order valence-electron chi connectivity index (χ1n) is 11.4. The largest absolute Gasteiger partial charge is 0.429 e. The third-order valence-electron chi connectivity index (χ3n) is 7.43. The first-order chi connectivity index (χ1) is 14.9. The van der Waals surface area contributed by atoms with Crippen molar-refractivity contribution in [1.29, 1.82) is 0 Å². The lowest BCUT2D eigenvalue weighted by molar-refractivity contribution is -0.0544. The van der Waals surface area contributed by atoms with E-state index in [-0.39, 0.29) is 11.3 Å². The molecule has 0 radical (unpaired) electrons. The molecule has 0 amide bonds. The van der Waals surface area contributed by atoms with E-state index in [1.807, 2.05) is 0 Å². The van der Waals surface area contributed by atoms with Crippen molar-refractivity contribution in [3.63, 3.8) is 0 Å². The lowest BCUT2D eigenvalue weighted by Gasteiger charge is -2.42. The normalized spacial score (nSPS) is 26.3. The van der Waals surface area contributed by atoms with Crippen molar-refractivity contribution in [2.75, 3.05) is 0 Å². The zero-order valence-electron chi connectivity index (χ0n) is 17.8. The molecular formula is C25H29F5O. The highest BCUT2D eigenvalue weighted by atomic mass is 19.3. The number of unbranched alkanes of at least 4 members (excludes halogenated alkanes) is 1. The van der Waals surface area contributed by atoms with Crippen LogP contribution in [0.1, 0.15) is 76.2 Å². The van der Waals surface area contributed by atoms with Crippen LogP contribution in [0.2, 0.25) is 0 Å². The van der Waals surface area contributed by atoms with Crippen LogP contribution in [0.5, 0.6) is 5.75 Å². The van der Waals surface area contributed by atoms with Crippen molar-refractivity contribution in [3.8, 4) is 5.75 Å². The zero-order chi connectivity index (χ0) is 22.1. The van der Waals surface area contributed by atoms with Gasteiger partial charge in [0.05, 0.1) is 5.39 Å². The number of rotatable bonds is 6. The van der Waals surface area contributed by atoms with Crippen LogP contribution in [0.4, 0.5) is 22.0 Å². The molecule has 1 nitrogen and oxygen atoms in total. The van der Waals surface area contributed by atoms with Gasteiger partial charge in [0.25, 0.3) is 0 Å². The van der Waals surface area contributed by atoms with Gasteiger partial charge in [-0.3, -0.25) is 0 Å². The fourth-order valence-corrected chi connectivity index (χ4v) is 5.89. The summed E-state index contributed by atoms with van der Waals surface area (Å²) in [6.45, 7) is -1.17. The first kappa shape index (κ1) is 22.3. The van der Waals surface area contributed by atoms with Crippen LogP contribution in [-0.2, 0) is 0 Å². The van der Waals surface area contributed by atoms with E-state index >= 15 is 0 Å². The maximum atomic E-state index is 14.8. The number of hydrogen-bond donors (Lipinski definition) is 0. The molecule has 0 spiro atoms. The Balaban J connectivity index is 1.54. The molecular weight excluding hydrogens is 411 g/mol. The molecule has 2 aromatic carbocycles.